The lowest BCUT2D eigenvalue weighted by Gasteiger charge is -2.32. The van der Waals surface area contributed by atoms with Crippen LogP contribution >= 0.6 is 0 Å². The van der Waals surface area contributed by atoms with Crippen molar-refractivity contribution in [2.45, 2.75) is 25.3 Å². The molecule has 11 heteroatoms. The van der Waals surface area contributed by atoms with Crippen LogP contribution in [0.2, 0.25) is 0 Å². The number of fused-ring (bicyclic) bond motifs is 1. The molecule has 9 nitrogen and oxygen atoms in total. The number of hydrogen-bond donors (Lipinski definition) is 1. The van der Waals surface area contributed by atoms with E-state index in [2.05, 4.69) is 15.4 Å². The van der Waals surface area contributed by atoms with Crippen molar-refractivity contribution in [1.29, 1.82) is 0 Å². The zero-order valence-corrected chi connectivity index (χ0v) is 18.3. The molecule has 0 amide bonds. The van der Waals surface area contributed by atoms with Crippen molar-refractivity contribution in [3.63, 3.8) is 0 Å². The summed E-state index contributed by atoms with van der Waals surface area (Å²) in [6.07, 6.45) is 6.89. The number of rotatable bonds is 6. The molecule has 158 valence electrons. The first-order valence-corrected chi connectivity index (χ1v) is 11.4. The molecule has 30 heavy (non-hydrogen) atoms. The standard InChI is InChI=1S/C19H26BN7O2S/c1-25(2)30(28,29)26-8-5-15(6-9-26)17-10-18(22-12-14-4-3-7-21-11-14)27-19(24-17)16(20)13-23-27/h3-4,7,10-11,13,15,22H,5-6,8-9,12,20H2,1-2H3. The van der Waals surface area contributed by atoms with Crippen molar-refractivity contribution in [2.24, 2.45) is 0 Å². The van der Waals surface area contributed by atoms with Gasteiger partial charge in [0, 0.05) is 70.0 Å². The average Bonchev–Trinajstić information content (AvgIpc) is 3.13. The number of piperidine rings is 1. The molecule has 1 aliphatic heterocycles. The molecule has 0 saturated carbocycles. The first-order valence-electron chi connectivity index (χ1n) is 10.0. The van der Waals surface area contributed by atoms with E-state index in [1.807, 2.05) is 43.0 Å². The van der Waals surface area contributed by atoms with Gasteiger partial charge in [0.25, 0.3) is 10.2 Å². The Balaban J connectivity index is 1.57. The molecule has 0 spiro atoms. The van der Waals surface area contributed by atoms with Gasteiger partial charge in [-0.25, -0.2) is 4.98 Å². The maximum Gasteiger partial charge on any atom is 0.281 e. The highest BCUT2D eigenvalue weighted by molar-refractivity contribution is 7.86. The van der Waals surface area contributed by atoms with Crippen LogP contribution in [0.1, 0.15) is 30.0 Å². The van der Waals surface area contributed by atoms with Crippen molar-refractivity contribution in [3.8, 4) is 0 Å². The van der Waals surface area contributed by atoms with E-state index in [4.69, 9.17) is 4.98 Å². The van der Waals surface area contributed by atoms with Gasteiger partial charge < -0.3 is 5.32 Å². The molecule has 0 atom stereocenters. The summed E-state index contributed by atoms with van der Waals surface area (Å²) in [6, 6.07) is 5.98. The summed E-state index contributed by atoms with van der Waals surface area (Å²) in [5, 5.41) is 7.92. The molecule has 0 aliphatic carbocycles. The van der Waals surface area contributed by atoms with Gasteiger partial charge in [0.1, 0.15) is 13.7 Å². The molecule has 0 radical (unpaired) electrons. The van der Waals surface area contributed by atoms with E-state index in [0.29, 0.717) is 19.6 Å². The molecular formula is C19H26BN7O2S. The van der Waals surface area contributed by atoms with Crippen LogP contribution in [0.5, 0.6) is 0 Å². The molecule has 0 aromatic carbocycles. The van der Waals surface area contributed by atoms with E-state index in [-0.39, 0.29) is 5.92 Å². The van der Waals surface area contributed by atoms with Crippen molar-refractivity contribution in [1.82, 2.24) is 28.2 Å². The lowest BCUT2D eigenvalue weighted by Crippen LogP contribution is -2.44. The van der Waals surface area contributed by atoms with Gasteiger partial charge in [0.2, 0.25) is 0 Å². The number of hydrogen-bond acceptors (Lipinski definition) is 6. The van der Waals surface area contributed by atoms with Gasteiger partial charge in [-0.1, -0.05) is 6.07 Å². The molecule has 1 aliphatic rings. The fraction of sp³-hybridized carbons (Fsp3) is 0.421. The van der Waals surface area contributed by atoms with E-state index in [1.165, 1.54) is 4.31 Å². The molecule has 1 fully saturated rings. The molecule has 4 heterocycles. The number of anilines is 1. The normalized spacial score (nSPS) is 16.4. The van der Waals surface area contributed by atoms with E-state index >= 15 is 0 Å². The highest BCUT2D eigenvalue weighted by Gasteiger charge is 2.31. The lowest BCUT2D eigenvalue weighted by molar-refractivity contribution is 0.300. The van der Waals surface area contributed by atoms with Crippen molar-refractivity contribution < 1.29 is 8.42 Å². The summed E-state index contributed by atoms with van der Waals surface area (Å²) in [5.41, 5.74) is 3.88. The van der Waals surface area contributed by atoms with E-state index in [0.717, 1.165) is 41.0 Å². The predicted molar refractivity (Wildman–Crippen MR) is 119 cm³/mol. The van der Waals surface area contributed by atoms with Gasteiger partial charge in [-0.05, 0) is 29.9 Å². The topological polar surface area (TPSA) is 95.7 Å². The number of nitrogens with one attached hydrogen (secondary N) is 1. The second-order valence-electron chi connectivity index (χ2n) is 7.81. The van der Waals surface area contributed by atoms with Crippen LogP contribution < -0.4 is 10.8 Å². The Morgan fingerprint density at radius 2 is 2.03 bits per heavy atom. The fourth-order valence-electron chi connectivity index (χ4n) is 3.74. The molecule has 4 rings (SSSR count). The predicted octanol–water partition coefficient (Wildman–Crippen LogP) is -0.0194. The van der Waals surface area contributed by atoms with Crippen LogP contribution in [0, 0.1) is 0 Å². The van der Waals surface area contributed by atoms with Crippen LogP contribution in [-0.4, -0.2) is 71.6 Å². The minimum absolute atomic E-state index is 0.205. The number of aromatic nitrogens is 4. The summed E-state index contributed by atoms with van der Waals surface area (Å²) >= 11 is 0. The average molecular weight is 427 g/mol. The Morgan fingerprint density at radius 1 is 1.27 bits per heavy atom. The number of pyridine rings is 1. The molecule has 1 N–H and O–H groups in total. The molecule has 3 aromatic rings. The fourth-order valence-corrected chi connectivity index (χ4v) is 4.87. The van der Waals surface area contributed by atoms with Crippen molar-refractivity contribution in [2.75, 3.05) is 32.5 Å². The molecular weight excluding hydrogens is 401 g/mol. The summed E-state index contributed by atoms with van der Waals surface area (Å²) in [7, 11) is 1.76. The zero-order valence-electron chi connectivity index (χ0n) is 17.5. The first-order chi connectivity index (χ1) is 14.4. The van der Waals surface area contributed by atoms with Crippen molar-refractivity contribution in [3.05, 3.63) is 48.0 Å². The highest BCUT2D eigenvalue weighted by Crippen LogP contribution is 2.30. The molecule has 3 aromatic heterocycles. The molecule has 0 unspecified atom stereocenters. The summed E-state index contributed by atoms with van der Waals surface area (Å²) < 4.78 is 29.4. The Bertz CT molecular complexity index is 1130. The SMILES string of the molecule is Bc1cnn2c(NCc3cccnc3)cc(C3CCN(S(=O)(=O)N(C)C)CC3)nc12. The quantitative estimate of drug-likeness (QED) is 0.556. The minimum Gasteiger partial charge on any atom is -0.366 e. The first kappa shape index (κ1) is 20.8. The number of nitrogens with zero attached hydrogens (tertiary/aromatic N) is 6. The zero-order chi connectivity index (χ0) is 21.3. The van der Waals surface area contributed by atoms with Crippen molar-refractivity contribution >= 4 is 35.0 Å². The summed E-state index contributed by atoms with van der Waals surface area (Å²) in [4.78, 5) is 9.03. The van der Waals surface area contributed by atoms with Gasteiger partial charge in [-0.3, -0.25) is 4.98 Å². The third-order valence-electron chi connectivity index (χ3n) is 5.52. The van der Waals surface area contributed by atoms with Crippen LogP contribution in [0.3, 0.4) is 0 Å². The van der Waals surface area contributed by atoms with Gasteiger partial charge >= 0.3 is 0 Å². The van der Waals surface area contributed by atoms with Crippen LogP contribution in [-0.2, 0) is 16.8 Å². The Kier molecular flexibility index (Phi) is 5.76. The van der Waals surface area contributed by atoms with Gasteiger partial charge in [0.05, 0.1) is 0 Å². The van der Waals surface area contributed by atoms with Gasteiger partial charge in [0.15, 0.2) is 5.65 Å². The van der Waals surface area contributed by atoms with Gasteiger partial charge in [-0.15, -0.1) is 0 Å². The monoisotopic (exact) mass is 427 g/mol. The molecule has 0 bridgehead atoms. The Hall–Kier alpha value is -2.50. The van der Waals surface area contributed by atoms with Gasteiger partial charge in [-0.2, -0.15) is 26.6 Å². The highest BCUT2D eigenvalue weighted by atomic mass is 32.2. The second kappa shape index (κ2) is 8.33. The third kappa shape index (κ3) is 4.05. The van der Waals surface area contributed by atoms with E-state index in [9.17, 15) is 8.42 Å². The van der Waals surface area contributed by atoms with Crippen LogP contribution in [0.25, 0.3) is 5.65 Å². The molecule has 1 saturated heterocycles. The Labute approximate surface area is 177 Å². The van der Waals surface area contributed by atoms with E-state index in [1.54, 1.807) is 24.6 Å². The smallest absolute Gasteiger partial charge is 0.281 e. The second-order valence-corrected chi connectivity index (χ2v) is 9.95. The maximum atomic E-state index is 12.4. The van der Waals surface area contributed by atoms with E-state index < -0.39 is 10.2 Å². The Morgan fingerprint density at radius 3 is 2.70 bits per heavy atom. The largest absolute Gasteiger partial charge is 0.366 e. The lowest BCUT2D eigenvalue weighted by atomic mass is 9.94. The van der Waals surface area contributed by atoms with Crippen LogP contribution in [0.4, 0.5) is 5.82 Å². The minimum atomic E-state index is -3.37. The maximum absolute atomic E-state index is 12.4. The van der Waals surface area contributed by atoms with Crippen LogP contribution in [0.15, 0.2) is 36.8 Å². The summed E-state index contributed by atoms with van der Waals surface area (Å²) in [6.45, 7) is 1.62. The summed E-state index contributed by atoms with van der Waals surface area (Å²) in [5.74, 6) is 1.08. The third-order valence-corrected chi connectivity index (χ3v) is 7.46.